The minimum atomic E-state index is 0.714. The van der Waals surface area contributed by atoms with E-state index in [1.165, 1.54) is 22.3 Å². The number of aryl methyl sites for hydroxylation is 8. The van der Waals surface area contributed by atoms with Gasteiger partial charge in [-0.3, -0.25) is 39.9 Å². The maximum Gasteiger partial charge on any atom is 0.0939 e. The predicted octanol–water partition coefficient (Wildman–Crippen LogP) is 22.7. The highest BCUT2D eigenvalue weighted by molar-refractivity contribution is 6.33. The Bertz CT molecular complexity index is 5050. The third-order valence-corrected chi connectivity index (χ3v) is 20.3. The van der Waals surface area contributed by atoms with Crippen LogP contribution in [0.5, 0.6) is 0 Å². The molecule has 0 fully saturated rings. The fourth-order valence-corrected chi connectivity index (χ4v) is 16.0. The number of anilines is 12. The number of hydrogen-bond donors (Lipinski definition) is 0. The van der Waals surface area contributed by atoms with Gasteiger partial charge in [0.1, 0.15) is 0 Å². The zero-order valence-corrected chi connectivity index (χ0v) is 58.0. The lowest BCUT2D eigenvalue weighted by atomic mass is 9.87. The molecule has 490 valence electrons. The molecule has 12 nitrogen and oxygen atoms in total. The molecule has 0 bridgehead atoms. The highest BCUT2D eigenvalue weighted by Gasteiger charge is 2.34. The molecule has 0 aliphatic heterocycles. The van der Waals surface area contributed by atoms with Crippen LogP contribution in [0.3, 0.4) is 0 Å². The summed E-state index contributed by atoms with van der Waals surface area (Å²) in [5.41, 5.74) is 28.9. The predicted molar refractivity (Wildman–Crippen MR) is 416 cm³/mol. The molecule has 0 N–H and O–H groups in total. The smallest absolute Gasteiger partial charge is 0.0939 e. The first kappa shape index (κ1) is 63.0. The van der Waals surface area contributed by atoms with Crippen molar-refractivity contribution in [1.82, 2.24) is 39.9 Å². The SMILES string of the molecule is CCc1cc2nccnc2c(CC)c1N(c1ccccc1)c1cc(N(c2ccccc2)c2c(CC)cc3nccnc3c2CC)c2ccc3c(N(c4ccccc4)c4c(CC)cc5nccnc5c4CC)cc(N(c4ccccc4)c4c(CC)cc5nccnc5c4CC)c4ccc1c2c43. The van der Waals surface area contributed by atoms with Crippen LogP contribution in [0.2, 0.25) is 0 Å². The summed E-state index contributed by atoms with van der Waals surface area (Å²) in [6, 6.07) is 67.7. The number of benzene rings is 12. The van der Waals surface area contributed by atoms with Crippen LogP contribution in [-0.2, 0) is 51.4 Å². The molecule has 16 aromatic rings. The Labute approximate surface area is 583 Å². The quantitative estimate of drug-likeness (QED) is 0.0677. The summed E-state index contributed by atoms with van der Waals surface area (Å²) < 4.78 is 0. The molecule has 0 aliphatic carbocycles. The van der Waals surface area contributed by atoms with Gasteiger partial charge in [-0.15, -0.1) is 0 Å². The van der Waals surface area contributed by atoms with Gasteiger partial charge in [-0.1, -0.05) is 152 Å². The lowest BCUT2D eigenvalue weighted by Crippen LogP contribution is -2.20. The Morgan fingerprint density at radius 3 is 0.640 bits per heavy atom. The number of aromatic nitrogens is 8. The summed E-state index contributed by atoms with van der Waals surface area (Å²) in [6.07, 6.45) is 20.5. The maximum atomic E-state index is 5.18. The van der Waals surface area contributed by atoms with Crippen LogP contribution in [-0.4, -0.2) is 39.9 Å². The molecule has 4 heterocycles. The van der Waals surface area contributed by atoms with Crippen molar-refractivity contribution >= 4 is 145 Å². The zero-order chi connectivity index (χ0) is 68.1. The van der Waals surface area contributed by atoms with Crippen LogP contribution < -0.4 is 19.6 Å². The van der Waals surface area contributed by atoms with E-state index < -0.39 is 0 Å². The van der Waals surface area contributed by atoms with Crippen LogP contribution in [0, 0.1) is 0 Å². The number of hydrogen-bond acceptors (Lipinski definition) is 12. The largest absolute Gasteiger partial charge is 0.309 e. The van der Waals surface area contributed by atoms with E-state index in [0.29, 0.717) is 25.7 Å². The van der Waals surface area contributed by atoms with E-state index in [1.54, 1.807) is 0 Å². The van der Waals surface area contributed by atoms with E-state index in [0.717, 1.165) is 193 Å². The normalized spacial score (nSPS) is 11.7. The molecule has 12 heteroatoms. The summed E-state index contributed by atoms with van der Waals surface area (Å²) in [4.78, 5) is 50.9. The second-order valence-corrected chi connectivity index (χ2v) is 25.6. The Hall–Kier alpha value is -11.8. The lowest BCUT2D eigenvalue weighted by molar-refractivity contribution is 1.06. The number of nitrogens with zero attached hydrogens (tertiary/aromatic N) is 12. The van der Waals surface area contributed by atoms with Crippen molar-refractivity contribution in [2.75, 3.05) is 19.6 Å². The minimum absolute atomic E-state index is 0.714. The van der Waals surface area contributed by atoms with E-state index >= 15 is 0 Å². The van der Waals surface area contributed by atoms with Crippen molar-refractivity contribution in [3.8, 4) is 0 Å². The summed E-state index contributed by atoms with van der Waals surface area (Å²) in [5.74, 6) is 0. The van der Waals surface area contributed by atoms with E-state index in [4.69, 9.17) is 39.9 Å². The third-order valence-electron chi connectivity index (χ3n) is 20.3. The monoisotopic (exact) mass is 1300 g/mol. The molecule has 0 aliphatic rings. The standard InChI is InChI=1S/C88H78N12/c1-9-55-49-71-81(93-45-41-89-71)63(13-5)85(55)97(59-29-21-17-22-30-59)75-53-76(98(60-31-23-18-24-32-60)86-56(10-2)50-72-82(64(86)14-6)94-46-42-90-72)68-39-40-70-78(100(62-35-27-20-28-36-62)88-58(12-4)52-74-84(66(88)16-8)96-48-44-92-74)54-77(69-38-37-67(75)79(68)80(69)70)99(61-33-25-19-26-34-61)87-57(11-3)51-73-83(65(87)15-7)95-47-43-91-73/h17-54H,9-16H2,1-8H3. The summed E-state index contributed by atoms with van der Waals surface area (Å²) in [7, 11) is 0. The van der Waals surface area contributed by atoms with Crippen LogP contribution in [0.15, 0.2) is 232 Å². The van der Waals surface area contributed by atoms with Gasteiger partial charge in [0.2, 0.25) is 0 Å². The van der Waals surface area contributed by atoms with Gasteiger partial charge in [0.25, 0.3) is 0 Å². The Morgan fingerprint density at radius 1 is 0.230 bits per heavy atom. The van der Waals surface area contributed by atoms with Crippen molar-refractivity contribution in [2.45, 2.75) is 107 Å². The fraction of sp³-hybridized carbons (Fsp3) is 0.182. The maximum absolute atomic E-state index is 5.18. The van der Waals surface area contributed by atoms with Gasteiger partial charge >= 0.3 is 0 Å². The van der Waals surface area contributed by atoms with Gasteiger partial charge in [-0.2, -0.15) is 0 Å². The summed E-state index contributed by atoms with van der Waals surface area (Å²) in [5, 5.41) is 6.58. The molecule has 12 aromatic carbocycles. The Kier molecular flexibility index (Phi) is 16.7. The van der Waals surface area contributed by atoms with Crippen LogP contribution in [0.4, 0.5) is 68.2 Å². The van der Waals surface area contributed by atoms with Gasteiger partial charge in [0.15, 0.2) is 0 Å². The van der Waals surface area contributed by atoms with Crippen LogP contribution in [0.25, 0.3) is 76.5 Å². The van der Waals surface area contributed by atoms with Gasteiger partial charge in [0, 0.05) is 127 Å². The van der Waals surface area contributed by atoms with Crippen molar-refractivity contribution in [3.05, 3.63) is 276 Å². The molecule has 4 aromatic heterocycles. The average molecular weight is 1300 g/mol. The van der Waals surface area contributed by atoms with Gasteiger partial charge in [-0.05, 0) is 159 Å². The van der Waals surface area contributed by atoms with Crippen molar-refractivity contribution in [2.24, 2.45) is 0 Å². The molecule has 0 unspecified atom stereocenters. The van der Waals surface area contributed by atoms with Crippen molar-refractivity contribution < 1.29 is 0 Å². The minimum Gasteiger partial charge on any atom is -0.309 e. The number of rotatable bonds is 20. The van der Waals surface area contributed by atoms with Crippen LogP contribution >= 0.6 is 0 Å². The molecule has 100 heavy (non-hydrogen) atoms. The zero-order valence-electron chi connectivity index (χ0n) is 58.0. The van der Waals surface area contributed by atoms with Gasteiger partial charge in [0.05, 0.1) is 89.6 Å². The molecule has 0 amide bonds. The van der Waals surface area contributed by atoms with E-state index in [1.807, 2.05) is 49.6 Å². The van der Waals surface area contributed by atoms with Crippen molar-refractivity contribution in [1.29, 1.82) is 0 Å². The molecule has 0 spiro atoms. The van der Waals surface area contributed by atoms with E-state index in [2.05, 4.69) is 257 Å². The Balaban J connectivity index is 1.16. The molecule has 0 atom stereocenters. The van der Waals surface area contributed by atoms with E-state index in [-0.39, 0.29) is 0 Å². The highest BCUT2D eigenvalue weighted by Crippen LogP contribution is 2.58. The topological polar surface area (TPSA) is 116 Å². The number of fused-ring (bicyclic) bond motifs is 4. The highest BCUT2D eigenvalue weighted by atomic mass is 15.2. The Morgan fingerprint density at radius 2 is 0.440 bits per heavy atom. The molecular weight excluding hydrogens is 1230 g/mol. The first-order valence-electron chi connectivity index (χ1n) is 35.5. The van der Waals surface area contributed by atoms with E-state index in [9.17, 15) is 0 Å². The first-order valence-corrected chi connectivity index (χ1v) is 35.5. The molecule has 0 saturated heterocycles. The van der Waals surface area contributed by atoms with Crippen molar-refractivity contribution in [3.63, 3.8) is 0 Å². The molecular formula is C88H78N12. The molecule has 16 rings (SSSR count). The fourth-order valence-electron chi connectivity index (χ4n) is 16.0. The second-order valence-electron chi connectivity index (χ2n) is 25.6. The average Bonchev–Trinajstić information content (AvgIpc) is 0.694. The third kappa shape index (κ3) is 10.3. The van der Waals surface area contributed by atoms with Gasteiger partial charge in [-0.25, -0.2) is 0 Å². The van der Waals surface area contributed by atoms with Crippen LogP contribution in [0.1, 0.15) is 99.9 Å². The molecule has 0 saturated carbocycles. The second kappa shape index (κ2) is 26.6. The first-order chi connectivity index (χ1) is 49.3. The lowest BCUT2D eigenvalue weighted by Gasteiger charge is -2.37. The summed E-state index contributed by atoms with van der Waals surface area (Å²) in [6.45, 7) is 18.1. The van der Waals surface area contributed by atoms with Gasteiger partial charge < -0.3 is 19.6 Å². The molecule has 0 radical (unpaired) electrons. The number of para-hydroxylation sites is 4. The summed E-state index contributed by atoms with van der Waals surface area (Å²) >= 11 is 0.